The van der Waals surface area contributed by atoms with Gasteiger partial charge in [0.2, 0.25) is 0 Å². The molecule has 0 fully saturated rings. The third kappa shape index (κ3) is 4.11. The zero-order valence-electron chi connectivity index (χ0n) is 15.4. The molecule has 0 aliphatic rings. The fourth-order valence-electron chi connectivity index (χ4n) is 2.58. The van der Waals surface area contributed by atoms with E-state index in [9.17, 15) is 4.79 Å². The first-order valence-electron chi connectivity index (χ1n) is 8.50. The lowest BCUT2D eigenvalue weighted by Gasteiger charge is -2.17. The summed E-state index contributed by atoms with van der Waals surface area (Å²) < 4.78 is 5.81. The Morgan fingerprint density at radius 1 is 1.12 bits per heavy atom. The number of hydrogen-bond acceptors (Lipinski definition) is 4. The minimum atomic E-state index is -0.609. The van der Waals surface area contributed by atoms with Crippen molar-refractivity contribution >= 4 is 22.9 Å². The highest BCUT2D eigenvalue weighted by molar-refractivity contribution is 7.09. The number of rotatable bonds is 5. The maximum Gasteiger partial charge on any atom is 0.265 e. The Labute approximate surface area is 157 Å². The van der Waals surface area contributed by atoms with Gasteiger partial charge in [-0.15, -0.1) is 11.3 Å². The van der Waals surface area contributed by atoms with Crippen molar-refractivity contribution in [3.63, 3.8) is 0 Å². The Morgan fingerprint density at radius 3 is 2.58 bits per heavy atom. The number of aryl methyl sites for hydroxylation is 3. The molecule has 1 heterocycles. The molecule has 0 aliphatic heterocycles. The molecule has 1 unspecified atom stereocenters. The largest absolute Gasteiger partial charge is 0.481 e. The van der Waals surface area contributed by atoms with Crippen LogP contribution in [0, 0.1) is 20.8 Å². The third-order valence-electron chi connectivity index (χ3n) is 4.24. The summed E-state index contributed by atoms with van der Waals surface area (Å²) in [5.41, 5.74) is 4.84. The van der Waals surface area contributed by atoms with Crippen molar-refractivity contribution in [3.05, 3.63) is 64.0 Å². The van der Waals surface area contributed by atoms with Gasteiger partial charge in [-0.25, -0.2) is 4.98 Å². The highest BCUT2D eigenvalue weighted by atomic mass is 32.1. The van der Waals surface area contributed by atoms with Gasteiger partial charge in [0.05, 0.1) is 16.4 Å². The molecular weight excluding hydrogens is 344 g/mol. The van der Waals surface area contributed by atoms with Crippen LogP contribution in [0.25, 0.3) is 11.3 Å². The summed E-state index contributed by atoms with van der Waals surface area (Å²) in [7, 11) is 0. The second-order valence-electron chi connectivity index (χ2n) is 6.29. The molecule has 5 heteroatoms. The van der Waals surface area contributed by atoms with Gasteiger partial charge in [-0.3, -0.25) is 4.79 Å². The van der Waals surface area contributed by atoms with E-state index in [-0.39, 0.29) is 5.91 Å². The fourth-order valence-corrected chi connectivity index (χ4v) is 3.19. The molecule has 0 bridgehead atoms. The number of thiazole rings is 1. The van der Waals surface area contributed by atoms with E-state index in [0.717, 1.165) is 27.5 Å². The monoisotopic (exact) mass is 366 g/mol. The molecule has 2 aromatic carbocycles. The standard InChI is InChI=1S/C21H22N2O2S/c1-13-9-10-17(11-14(13)2)25-15(3)21(24)23-19-8-6-5-7-18(19)20-12-26-16(4)22-20/h5-12,15H,1-4H3,(H,23,24). The molecule has 1 N–H and O–H groups in total. The van der Waals surface area contributed by atoms with Gasteiger partial charge in [0.25, 0.3) is 5.91 Å². The minimum absolute atomic E-state index is 0.192. The summed E-state index contributed by atoms with van der Waals surface area (Å²) in [5.74, 6) is 0.502. The maximum absolute atomic E-state index is 12.6. The van der Waals surface area contributed by atoms with Gasteiger partial charge in [-0.2, -0.15) is 0 Å². The highest BCUT2D eigenvalue weighted by Crippen LogP contribution is 2.29. The third-order valence-corrected chi connectivity index (χ3v) is 5.01. The summed E-state index contributed by atoms with van der Waals surface area (Å²) in [6.07, 6.45) is -0.609. The van der Waals surface area contributed by atoms with Gasteiger partial charge in [-0.1, -0.05) is 24.3 Å². The van der Waals surface area contributed by atoms with Crippen molar-refractivity contribution in [2.24, 2.45) is 0 Å². The lowest BCUT2D eigenvalue weighted by atomic mass is 10.1. The van der Waals surface area contributed by atoms with Gasteiger partial charge in [0, 0.05) is 10.9 Å². The molecule has 1 amide bonds. The van der Waals surface area contributed by atoms with Crippen LogP contribution < -0.4 is 10.1 Å². The Balaban J connectivity index is 1.74. The summed E-state index contributed by atoms with van der Waals surface area (Å²) in [5, 5.41) is 5.95. The molecule has 0 saturated carbocycles. The quantitative estimate of drug-likeness (QED) is 0.680. The number of aromatic nitrogens is 1. The van der Waals surface area contributed by atoms with Crippen molar-refractivity contribution in [1.29, 1.82) is 0 Å². The Bertz CT molecular complexity index is 933. The molecule has 1 atom stereocenters. The molecule has 3 aromatic rings. The van der Waals surface area contributed by atoms with Crippen molar-refractivity contribution < 1.29 is 9.53 Å². The lowest BCUT2D eigenvalue weighted by molar-refractivity contribution is -0.122. The van der Waals surface area contributed by atoms with E-state index in [0.29, 0.717) is 5.75 Å². The van der Waals surface area contributed by atoms with Crippen LogP contribution in [0.2, 0.25) is 0 Å². The minimum Gasteiger partial charge on any atom is -0.481 e. The number of para-hydroxylation sites is 1. The summed E-state index contributed by atoms with van der Waals surface area (Å²) in [4.78, 5) is 17.1. The van der Waals surface area contributed by atoms with Crippen LogP contribution in [0.4, 0.5) is 5.69 Å². The number of nitrogens with zero attached hydrogens (tertiary/aromatic N) is 1. The number of ether oxygens (including phenoxy) is 1. The summed E-state index contributed by atoms with van der Waals surface area (Å²) >= 11 is 1.59. The number of amides is 1. The Kier molecular flexibility index (Phi) is 5.38. The normalized spacial score (nSPS) is 11.8. The van der Waals surface area contributed by atoms with Crippen molar-refractivity contribution in [3.8, 4) is 17.0 Å². The van der Waals surface area contributed by atoms with Crippen LogP contribution >= 0.6 is 11.3 Å². The highest BCUT2D eigenvalue weighted by Gasteiger charge is 2.17. The van der Waals surface area contributed by atoms with Crippen molar-refractivity contribution in [1.82, 2.24) is 4.98 Å². The van der Waals surface area contributed by atoms with E-state index < -0.39 is 6.10 Å². The lowest BCUT2D eigenvalue weighted by Crippen LogP contribution is -2.30. The average Bonchev–Trinajstić information content (AvgIpc) is 3.05. The van der Waals surface area contributed by atoms with Gasteiger partial charge >= 0.3 is 0 Å². The van der Waals surface area contributed by atoms with E-state index in [1.165, 1.54) is 5.56 Å². The van der Waals surface area contributed by atoms with Crippen LogP contribution in [-0.2, 0) is 4.79 Å². The summed E-state index contributed by atoms with van der Waals surface area (Å²) in [6, 6.07) is 13.5. The van der Waals surface area contributed by atoms with E-state index in [2.05, 4.69) is 10.3 Å². The van der Waals surface area contributed by atoms with Crippen LogP contribution in [0.1, 0.15) is 23.1 Å². The number of carbonyl (C=O) groups excluding carboxylic acids is 1. The molecule has 0 spiro atoms. The first kappa shape index (κ1) is 18.1. The molecule has 134 valence electrons. The number of carbonyl (C=O) groups is 1. The van der Waals surface area contributed by atoms with Crippen molar-refractivity contribution in [2.75, 3.05) is 5.32 Å². The molecule has 0 saturated heterocycles. The zero-order valence-corrected chi connectivity index (χ0v) is 16.2. The van der Waals surface area contributed by atoms with Crippen molar-refractivity contribution in [2.45, 2.75) is 33.8 Å². The molecule has 26 heavy (non-hydrogen) atoms. The van der Waals surface area contributed by atoms with Gasteiger partial charge in [0.1, 0.15) is 5.75 Å². The van der Waals surface area contributed by atoms with E-state index in [1.807, 2.05) is 68.6 Å². The first-order valence-corrected chi connectivity index (χ1v) is 9.38. The second-order valence-corrected chi connectivity index (χ2v) is 7.35. The molecule has 1 aromatic heterocycles. The fraction of sp³-hybridized carbons (Fsp3) is 0.238. The topological polar surface area (TPSA) is 51.2 Å². The number of hydrogen-bond donors (Lipinski definition) is 1. The molecule has 0 aliphatic carbocycles. The maximum atomic E-state index is 12.6. The SMILES string of the molecule is Cc1nc(-c2ccccc2NC(=O)C(C)Oc2ccc(C)c(C)c2)cs1. The van der Waals surface area contributed by atoms with Crippen LogP contribution in [0.3, 0.4) is 0 Å². The van der Waals surface area contributed by atoms with Crippen LogP contribution in [0.5, 0.6) is 5.75 Å². The Hall–Kier alpha value is -2.66. The van der Waals surface area contributed by atoms with Crippen LogP contribution in [0.15, 0.2) is 47.8 Å². The Morgan fingerprint density at radius 2 is 1.88 bits per heavy atom. The average molecular weight is 366 g/mol. The summed E-state index contributed by atoms with van der Waals surface area (Å²) in [6.45, 7) is 7.79. The zero-order chi connectivity index (χ0) is 18.7. The molecule has 0 radical (unpaired) electrons. The smallest absolute Gasteiger partial charge is 0.265 e. The second kappa shape index (κ2) is 7.70. The predicted molar refractivity (Wildman–Crippen MR) is 107 cm³/mol. The number of benzene rings is 2. The number of anilines is 1. The van der Waals surface area contributed by atoms with Gasteiger partial charge in [-0.05, 0) is 57.0 Å². The van der Waals surface area contributed by atoms with E-state index in [1.54, 1.807) is 18.3 Å². The molecular formula is C21H22N2O2S. The van der Waals surface area contributed by atoms with Crippen LogP contribution in [-0.4, -0.2) is 17.0 Å². The van der Waals surface area contributed by atoms with Gasteiger partial charge < -0.3 is 10.1 Å². The predicted octanol–water partition coefficient (Wildman–Crippen LogP) is 5.14. The molecule has 3 rings (SSSR count). The van der Waals surface area contributed by atoms with E-state index >= 15 is 0 Å². The molecule has 4 nitrogen and oxygen atoms in total. The van der Waals surface area contributed by atoms with E-state index in [4.69, 9.17) is 4.74 Å². The van der Waals surface area contributed by atoms with Gasteiger partial charge in [0.15, 0.2) is 6.10 Å². The number of nitrogens with one attached hydrogen (secondary N) is 1. The first-order chi connectivity index (χ1) is 12.4.